The van der Waals surface area contributed by atoms with Crippen molar-refractivity contribution in [3.05, 3.63) is 23.4 Å². The molecular weight excluding hydrogens is 230 g/mol. The number of hydrogen-bond donors (Lipinski definition) is 2. The lowest BCUT2D eigenvalue weighted by atomic mass is 10.2. The molecule has 5 heteroatoms. The van der Waals surface area contributed by atoms with Crippen LogP contribution >= 0.6 is 0 Å². The molecule has 0 radical (unpaired) electrons. The van der Waals surface area contributed by atoms with Crippen molar-refractivity contribution in [2.24, 2.45) is 0 Å². The summed E-state index contributed by atoms with van der Waals surface area (Å²) in [5.41, 5.74) is 1.03. The van der Waals surface area contributed by atoms with Gasteiger partial charge in [0.25, 0.3) is 0 Å². The SMILES string of the molecule is Cc1ccc(C(=O)O)c(NC(C)CCN(C)C)n1. The molecule has 1 atom stereocenters. The molecule has 18 heavy (non-hydrogen) atoms. The van der Waals surface area contributed by atoms with Crippen molar-refractivity contribution in [3.8, 4) is 0 Å². The molecule has 0 fully saturated rings. The quantitative estimate of drug-likeness (QED) is 0.807. The molecule has 0 saturated heterocycles. The number of aromatic carboxylic acids is 1. The zero-order valence-electron chi connectivity index (χ0n) is 11.4. The van der Waals surface area contributed by atoms with Gasteiger partial charge in [0, 0.05) is 11.7 Å². The van der Waals surface area contributed by atoms with Crippen LogP contribution in [0.4, 0.5) is 5.82 Å². The largest absolute Gasteiger partial charge is 0.478 e. The minimum absolute atomic E-state index is 0.180. The molecule has 0 bridgehead atoms. The molecule has 100 valence electrons. The minimum Gasteiger partial charge on any atom is -0.478 e. The Balaban J connectivity index is 2.76. The van der Waals surface area contributed by atoms with Crippen LogP contribution in [0.3, 0.4) is 0 Å². The van der Waals surface area contributed by atoms with E-state index < -0.39 is 5.97 Å². The molecule has 0 amide bonds. The summed E-state index contributed by atoms with van der Waals surface area (Å²) in [6, 6.07) is 3.48. The summed E-state index contributed by atoms with van der Waals surface area (Å²) in [4.78, 5) is 17.4. The molecule has 1 unspecified atom stereocenters. The molecular formula is C13H21N3O2. The van der Waals surface area contributed by atoms with Gasteiger partial charge < -0.3 is 15.3 Å². The van der Waals surface area contributed by atoms with Crippen molar-refractivity contribution in [2.75, 3.05) is 26.0 Å². The van der Waals surface area contributed by atoms with Gasteiger partial charge in [-0.2, -0.15) is 0 Å². The maximum Gasteiger partial charge on any atom is 0.339 e. The van der Waals surface area contributed by atoms with Gasteiger partial charge in [0.2, 0.25) is 0 Å². The fraction of sp³-hybridized carbons (Fsp3) is 0.538. The molecule has 0 aliphatic heterocycles. The van der Waals surface area contributed by atoms with Crippen molar-refractivity contribution in [2.45, 2.75) is 26.3 Å². The van der Waals surface area contributed by atoms with Crippen molar-refractivity contribution >= 4 is 11.8 Å². The van der Waals surface area contributed by atoms with Crippen LogP contribution in [0, 0.1) is 6.92 Å². The summed E-state index contributed by atoms with van der Waals surface area (Å²) in [6.07, 6.45) is 0.932. The number of aromatic nitrogens is 1. The first-order valence-electron chi connectivity index (χ1n) is 6.02. The van der Waals surface area contributed by atoms with Gasteiger partial charge in [-0.15, -0.1) is 0 Å². The van der Waals surface area contributed by atoms with E-state index in [9.17, 15) is 4.79 Å². The second kappa shape index (κ2) is 6.35. The minimum atomic E-state index is -0.954. The molecule has 0 aromatic carbocycles. The molecule has 0 aliphatic carbocycles. The highest BCUT2D eigenvalue weighted by Gasteiger charge is 2.13. The van der Waals surface area contributed by atoms with Gasteiger partial charge in [-0.3, -0.25) is 0 Å². The monoisotopic (exact) mass is 251 g/mol. The Morgan fingerprint density at radius 1 is 1.50 bits per heavy atom. The lowest BCUT2D eigenvalue weighted by molar-refractivity contribution is 0.0697. The average molecular weight is 251 g/mol. The van der Waals surface area contributed by atoms with Gasteiger partial charge in [0.15, 0.2) is 0 Å². The maximum absolute atomic E-state index is 11.1. The standard InChI is InChI=1S/C13H21N3O2/c1-9-5-6-11(13(17)18)12(14-9)15-10(2)7-8-16(3)4/h5-6,10H,7-8H2,1-4H3,(H,14,15)(H,17,18). The third-order valence-corrected chi connectivity index (χ3v) is 2.66. The number of hydrogen-bond acceptors (Lipinski definition) is 4. The lowest BCUT2D eigenvalue weighted by Gasteiger charge is -2.18. The Morgan fingerprint density at radius 2 is 2.17 bits per heavy atom. The first kappa shape index (κ1) is 14.4. The van der Waals surface area contributed by atoms with Crippen molar-refractivity contribution in [1.29, 1.82) is 0 Å². The van der Waals surface area contributed by atoms with Crippen LogP contribution in [0.1, 0.15) is 29.4 Å². The van der Waals surface area contributed by atoms with Gasteiger partial charge in [-0.05, 0) is 53.0 Å². The summed E-state index contributed by atoms with van der Waals surface area (Å²) in [7, 11) is 4.03. The van der Waals surface area contributed by atoms with E-state index in [1.807, 2.05) is 27.9 Å². The van der Waals surface area contributed by atoms with E-state index in [-0.39, 0.29) is 11.6 Å². The third kappa shape index (κ3) is 4.33. The molecule has 0 saturated carbocycles. The first-order valence-corrected chi connectivity index (χ1v) is 6.02. The van der Waals surface area contributed by atoms with E-state index in [2.05, 4.69) is 15.2 Å². The van der Waals surface area contributed by atoms with Gasteiger partial charge in [-0.25, -0.2) is 9.78 Å². The van der Waals surface area contributed by atoms with E-state index in [1.54, 1.807) is 12.1 Å². The molecule has 1 rings (SSSR count). The topological polar surface area (TPSA) is 65.5 Å². The first-order chi connectivity index (χ1) is 8.40. The van der Waals surface area contributed by atoms with Crippen LogP contribution in [0.15, 0.2) is 12.1 Å². The Bertz CT molecular complexity index is 419. The number of aryl methyl sites for hydroxylation is 1. The zero-order chi connectivity index (χ0) is 13.7. The predicted molar refractivity (Wildman–Crippen MR) is 72.2 cm³/mol. The number of carbonyl (C=O) groups is 1. The van der Waals surface area contributed by atoms with E-state index in [4.69, 9.17) is 5.11 Å². The Morgan fingerprint density at radius 3 is 2.72 bits per heavy atom. The number of rotatable bonds is 6. The van der Waals surface area contributed by atoms with E-state index in [0.29, 0.717) is 5.82 Å². The Labute approximate surface area is 108 Å². The van der Waals surface area contributed by atoms with Crippen LogP contribution in [0.2, 0.25) is 0 Å². The van der Waals surface area contributed by atoms with Crippen molar-refractivity contribution in [1.82, 2.24) is 9.88 Å². The fourth-order valence-corrected chi connectivity index (χ4v) is 1.60. The Kier molecular flexibility index (Phi) is 5.09. The smallest absolute Gasteiger partial charge is 0.339 e. The second-order valence-corrected chi connectivity index (χ2v) is 4.79. The van der Waals surface area contributed by atoms with Crippen LogP contribution in [-0.4, -0.2) is 47.6 Å². The number of anilines is 1. The summed E-state index contributed by atoms with van der Waals surface area (Å²) in [5.74, 6) is -0.501. The highest BCUT2D eigenvalue weighted by Crippen LogP contribution is 2.15. The lowest BCUT2D eigenvalue weighted by Crippen LogP contribution is -2.24. The molecule has 2 N–H and O–H groups in total. The third-order valence-electron chi connectivity index (χ3n) is 2.66. The van der Waals surface area contributed by atoms with Gasteiger partial charge in [-0.1, -0.05) is 0 Å². The highest BCUT2D eigenvalue weighted by molar-refractivity contribution is 5.93. The summed E-state index contributed by atoms with van der Waals surface area (Å²) in [5, 5.41) is 12.3. The average Bonchev–Trinajstić information content (AvgIpc) is 2.26. The molecule has 1 aromatic rings. The number of carboxylic acid groups (broad SMARTS) is 1. The fourth-order valence-electron chi connectivity index (χ4n) is 1.60. The molecule has 0 spiro atoms. The summed E-state index contributed by atoms with van der Waals surface area (Å²) < 4.78 is 0. The van der Waals surface area contributed by atoms with Crippen molar-refractivity contribution in [3.63, 3.8) is 0 Å². The van der Waals surface area contributed by atoms with Gasteiger partial charge in [0.05, 0.1) is 0 Å². The summed E-state index contributed by atoms with van der Waals surface area (Å²) in [6.45, 7) is 4.82. The number of nitrogens with zero attached hydrogens (tertiary/aromatic N) is 2. The molecule has 1 heterocycles. The molecule has 0 aliphatic rings. The second-order valence-electron chi connectivity index (χ2n) is 4.79. The molecule has 1 aromatic heterocycles. The van der Waals surface area contributed by atoms with Crippen LogP contribution in [0.5, 0.6) is 0 Å². The highest BCUT2D eigenvalue weighted by atomic mass is 16.4. The number of carboxylic acids is 1. The number of nitrogens with one attached hydrogen (secondary N) is 1. The predicted octanol–water partition coefficient (Wildman–Crippen LogP) is 1.84. The Hall–Kier alpha value is -1.62. The van der Waals surface area contributed by atoms with Crippen LogP contribution in [0.25, 0.3) is 0 Å². The molecule has 5 nitrogen and oxygen atoms in total. The summed E-state index contributed by atoms with van der Waals surface area (Å²) >= 11 is 0. The van der Waals surface area contributed by atoms with Crippen LogP contribution in [-0.2, 0) is 0 Å². The zero-order valence-corrected chi connectivity index (χ0v) is 11.4. The number of pyridine rings is 1. The van der Waals surface area contributed by atoms with Crippen LogP contribution < -0.4 is 5.32 Å². The van der Waals surface area contributed by atoms with Gasteiger partial charge >= 0.3 is 5.97 Å². The van der Waals surface area contributed by atoms with E-state index in [1.165, 1.54) is 0 Å². The normalized spacial score (nSPS) is 12.5. The van der Waals surface area contributed by atoms with Crippen molar-refractivity contribution < 1.29 is 9.90 Å². The van der Waals surface area contributed by atoms with Gasteiger partial charge in [0.1, 0.15) is 11.4 Å². The van der Waals surface area contributed by atoms with E-state index in [0.717, 1.165) is 18.7 Å². The van der Waals surface area contributed by atoms with E-state index >= 15 is 0 Å². The maximum atomic E-state index is 11.1.